The number of anilines is 1. The molecule has 0 spiro atoms. The summed E-state index contributed by atoms with van der Waals surface area (Å²) in [6, 6.07) is 3.92. The van der Waals surface area contributed by atoms with Crippen molar-refractivity contribution < 1.29 is 14.4 Å². The molecule has 1 heterocycles. The molecule has 1 unspecified atom stereocenters. The summed E-state index contributed by atoms with van der Waals surface area (Å²) in [5, 5.41) is 2.54. The quantitative estimate of drug-likeness (QED) is 0.612. The van der Waals surface area contributed by atoms with Crippen molar-refractivity contribution in [2.75, 3.05) is 12.8 Å². The van der Waals surface area contributed by atoms with Crippen molar-refractivity contribution in [3.8, 4) is 0 Å². The summed E-state index contributed by atoms with van der Waals surface area (Å²) >= 11 is 3.22. The van der Waals surface area contributed by atoms with Crippen LogP contribution in [0.3, 0.4) is 0 Å². The van der Waals surface area contributed by atoms with Crippen molar-refractivity contribution in [2.24, 2.45) is 0 Å². The maximum atomic E-state index is 12.0. The van der Waals surface area contributed by atoms with E-state index in [4.69, 9.17) is 5.73 Å². The van der Waals surface area contributed by atoms with Gasteiger partial charge in [0.1, 0.15) is 6.04 Å². The van der Waals surface area contributed by atoms with E-state index >= 15 is 0 Å². The van der Waals surface area contributed by atoms with Crippen molar-refractivity contribution in [1.29, 1.82) is 0 Å². The summed E-state index contributed by atoms with van der Waals surface area (Å²) < 4.78 is 0.603. The number of imide groups is 1. The van der Waals surface area contributed by atoms with E-state index < -0.39 is 17.9 Å². The number of nitrogens with zero attached hydrogens (tertiary/aromatic N) is 1. The summed E-state index contributed by atoms with van der Waals surface area (Å²) in [4.78, 5) is 36.0. The molecule has 1 aromatic rings. The molecule has 0 aliphatic carbocycles. The average molecular weight is 326 g/mol. The van der Waals surface area contributed by atoms with Gasteiger partial charge >= 0.3 is 0 Å². The first-order valence-corrected chi connectivity index (χ1v) is 6.35. The number of rotatable bonds is 2. The molecule has 1 saturated heterocycles. The molecule has 2 rings (SSSR count). The zero-order chi connectivity index (χ0) is 14.2. The summed E-state index contributed by atoms with van der Waals surface area (Å²) in [6.07, 6.45) is -0.00276. The predicted molar refractivity (Wildman–Crippen MR) is 72.2 cm³/mol. The Hall–Kier alpha value is -1.89. The number of hydrogen-bond acceptors (Lipinski definition) is 4. The molecule has 0 radical (unpaired) electrons. The SMILES string of the molecule is CN1C(=O)CC(NC(=O)c2ccc(N)c(Br)c2)C1=O. The number of nitrogen functional groups attached to an aromatic ring is 1. The molecular formula is C12H12BrN3O3. The molecule has 1 aromatic carbocycles. The second kappa shape index (κ2) is 5.00. The number of likely N-dealkylation sites (tertiary alicyclic amines) is 1. The molecule has 1 fully saturated rings. The molecule has 0 saturated carbocycles. The second-order valence-electron chi connectivity index (χ2n) is 4.26. The van der Waals surface area contributed by atoms with Crippen LogP contribution in [0.25, 0.3) is 0 Å². The van der Waals surface area contributed by atoms with Gasteiger partial charge in [-0.15, -0.1) is 0 Å². The minimum atomic E-state index is -0.790. The third-order valence-corrected chi connectivity index (χ3v) is 3.64. The van der Waals surface area contributed by atoms with E-state index in [-0.39, 0.29) is 12.3 Å². The van der Waals surface area contributed by atoms with Gasteiger partial charge in [-0.2, -0.15) is 0 Å². The lowest BCUT2D eigenvalue weighted by atomic mass is 10.1. The van der Waals surface area contributed by atoms with E-state index in [0.717, 1.165) is 4.90 Å². The molecular weight excluding hydrogens is 314 g/mol. The normalized spacial score (nSPS) is 18.8. The summed E-state index contributed by atoms with van der Waals surface area (Å²) in [7, 11) is 1.40. The highest BCUT2D eigenvalue weighted by atomic mass is 79.9. The fraction of sp³-hybridized carbons (Fsp3) is 0.250. The largest absolute Gasteiger partial charge is 0.398 e. The van der Waals surface area contributed by atoms with Crippen LogP contribution >= 0.6 is 15.9 Å². The number of amides is 3. The predicted octanol–water partition coefficient (Wildman–Crippen LogP) is 0.518. The highest BCUT2D eigenvalue weighted by molar-refractivity contribution is 9.10. The van der Waals surface area contributed by atoms with E-state index in [2.05, 4.69) is 21.2 Å². The van der Waals surface area contributed by atoms with Crippen LogP contribution in [-0.4, -0.2) is 35.7 Å². The third-order valence-electron chi connectivity index (χ3n) is 2.95. The van der Waals surface area contributed by atoms with Crippen LogP contribution in [0, 0.1) is 0 Å². The minimum Gasteiger partial charge on any atom is -0.398 e. The summed E-state index contributed by atoms with van der Waals surface area (Å²) in [5.74, 6) is -1.11. The van der Waals surface area contributed by atoms with Crippen LogP contribution in [0.4, 0.5) is 5.69 Å². The standard InChI is InChI=1S/C12H12BrN3O3/c1-16-10(17)5-9(12(16)19)15-11(18)6-2-3-8(14)7(13)4-6/h2-4,9H,5,14H2,1H3,(H,15,18). The van der Waals surface area contributed by atoms with Gasteiger partial charge in [0.15, 0.2) is 0 Å². The van der Waals surface area contributed by atoms with Gasteiger partial charge in [-0.1, -0.05) is 0 Å². The molecule has 100 valence electrons. The molecule has 6 nitrogen and oxygen atoms in total. The monoisotopic (exact) mass is 325 g/mol. The third kappa shape index (κ3) is 2.60. The Kier molecular flexibility index (Phi) is 3.57. The van der Waals surface area contributed by atoms with Crippen LogP contribution in [0.2, 0.25) is 0 Å². The number of halogens is 1. The summed E-state index contributed by atoms with van der Waals surface area (Å²) in [5.41, 5.74) is 6.52. The Balaban J connectivity index is 2.11. The van der Waals surface area contributed by atoms with Crippen molar-refractivity contribution >= 4 is 39.3 Å². The number of nitrogens with two attached hydrogens (primary N) is 1. The van der Waals surface area contributed by atoms with E-state index in [1.165, 1.54) is 7.05 Å². The molecule has 0 bridgehead atoms. The number of nitrogens with one attached hydrogen (secondary N) is 1. The van der Waals surface area contributed by atoms with Gasteiger partial charge in [0.25, 0.3) is 11.8 Å². The van der Waals surface area contributed by atoms with Crippen molar-refractivity contribution in [3.05, 3.63) is 28.2 Å². The van der Waals surface area contributed by atoms with Gasteiger partial charge in [0, 0.05) is 22.8 Å². The van der Waals surface area contributed by atoms with Crippen LogP contribution in [0.1, 0.15) is 16.8 Å². The first kappa shape index (κ1) is 13.5. The lowest BCUT2D eigenvalue weighted by molar-refractivity contribution is -0.137. The van der Waals surface area contributed by atoms with Crippen molar-refractivity contribution in [1.82, 2.24) is 10.2 Å². The average Bonchev–Trinajstić information content (AvgIpc) is 2.60. The van der Waals surface area contributed by atoms with Crippen LogP contribution in [0.15, 0.2) is 22.7 Å². The number of carbonyl (C=O) groups excluding carboxylic acids is 3. The van der Waals surface area contributed by atoms with Crippen LogP contribution < -0.4 is 11.1 Å². The maximum absolute atomic E-state index is 12.0. The fourth-order valence-corrected chi connectivity index (χ4v) is 2.16. The lowest BCUT2D eigenvalue weighted by Gasteiger charge is -2.11. The van der Waals surface area contributed by atoms with Gasteiger partial charge in [-0.25, -0.2) is 0 Å². The first-order chi connectivity index (χ1) is 8.90. The second-order valence-corrected chi connectivity index (χ2v) is 5.11. The lowest BCUT2D eigenvalue weighted by Crippen LogP contribution is -2.40. The van der Waals surface area contributed by atoms with Crippen molar-refractivity contribution in [2.45, 2.75) is 12.5 Å². The number of benzene rings is 1. The Bertz CT molecular complexity index is 573. The number of hydrogen-bond donors (Lipinski definition) is 2. The molecule has 3 amide bonds. The van der Waals surface area contributed by atoms with E-state index in [0.29, 0.717) is 15.7 Å². The fourth-order valence-electron chi connectivity index (χ4n) is 1.78. The maximum Gasteiger partial charge on any atom is 0.252 e. The zero-order valence-electron chi connectivity index (χ0n) is 10.1. The number of likely N-dealkylation sites (N-methyl/N-ethyl adjacent to an activating group) is 1. The molecule has 0 aromatic heterocycles. The minimum absolute atomic E-state index is 0.00276. The van der Waals surface area contributed by atoms with Crippen LogP contribution in [-0.2, 0) is 9.59 Å². The summed E-state index contributed by atoms with van der Waals surface area (Å²) in [6.45, 7) is 0. The molecule has 1 aliphatic heterocycles. The Morgan fingerprint density at radius 1 is 1.47 bits per heavy atom. The van der Waals surface area contributed by atoms with E-state index in [9.17, 15) is 14.4 Å². The van der Waals surface area contributed by atoms with Crippen LogP contribution in [0.5, 0.6) is 0 Å². The van der Waals surface area contributed by atoms with Gasteiger partial charge in [-0.05, 0) is 34.1 Å². The molecule has 19 heavy (non-hydrogen) atoms. The molecule has 1 atom stereocenters. The Labute approximate surface area is 118 Å². The molecule has 3 N–H and O–H groups in total. The van der Waals surface area contributed by atoms with E-state index in [1.54, 1.807) is 18.2 Å². The smallest absolute Gasteiger partial charge is 0.252 e. The van der Waals surface area contributed by atoms with Gasteiger partial charge in [0.2, 0.25) is 5.91 Å². The van der Waals surface area contributed by atoms with Crippen molar-refractivity contribution in [3.63, 3.8) is 0 Å². The van der Waals surface area contributed by atoms with E-state index in [1.807, 2.05) is 0 Å². The zero-order valence-corrected chi connectivity index (χ0v) is 11.7. The first-order valence-electron chi connectivity index (χ1n) is 5.56. The molecule has 1 aliphatic rings. The topological polar surface area (TPSA) is 92.5 Å². The van der Waals surface area contributed by atoms with Gasteiger partial charge in [-0.3, -0.25) is 19.3 Å². The Morgan fingerprint density at radius 3 is 2.68 bits per heavy atom. The van der Waals surface area contributed by atoms with Gasteiger partial charge < -0.3 is 11.1 Å². The highest BCUT2D eigenvalue weighted by Crippen LogP contribution is 2.20. The number of carbonyl (C=O) groups is 3. The van der Waals surface area contributed by atoms with Gasteiger partial charge in [0.05, 0.1) is 6.42 Å². The Morgan fingerprint density at radius 2 is 2.16 bits per heavy atom. The highest BCUT2D eigenvalue weighted by Gasteiger charge is 2.37. The molecule has 7 heteroatoms.